The molecule has 0 atom stereocenters. The molecule has 0 radical (unpaired) electrons. The summed E-state index contributed by atoms with van der Waals surface area (Å²) in [5, 5.41) is 0.820. The lowest BCUT2D eigenvalue weighted by atomic mass is 9.98. The lowest BCUT2D eigenvalue weighted by Crippen LogP contribution is -2.11. The standard InChI is InChI=1S/C15H16N6/c1-8-6-10(16)3-4-11(8)9-2-5-13-12(7-9)14(21-18)20-15(17)19-13/h2-7H,16,18H2,1H3,(H3,17,19,20,21). The van der Waals surface area contributed by atoms with E-state index in [9.17, 15) is 0 Å². The molecule has 0 saturated carbocycles. The number of hydrazine groups is 1. The molecule has 21 heavy (non-hydrogen) atoms. The summed E-state index contributed by atoms with van der Waals surface area (Å²) in [7, 11) is 0. The van der Waals surface area contributed by atoms with Crippen LogP contribution in [-0.2, 0) is 0 Å². The van der Waals surface area contributed by atoms with Crippen LogP contribution in [0.2, 0.25) is 0 Å². The summed E-state index contributed by atoms with van der Waals surface area (Å²) in [6.07, 6.45) is 0. The Morgan fingerprint density at radius 3 is 2.52 bits per heavy atom. The van der Waals surface area contributed by atoms with Crippen molar-refractivity contribution in [1.29, 1.82) is 0 Å². The van der Waals surface area contributed by atoms with Gasteiger partial charge in [-0.1, -0.05) is 12.1 Å². The SMILES string of the molecule is Cc1cc(N)ccc1-c1ccc2nc(N)nc(NN)c2c1. The number of hydrogen-bond acceptors (Lipinski definition) is 6. The molecule has 0 spiro atoms. The van der Waals surface area contributed by atoms with Crippen LogP contribution in [0.5, 0.6) is 0 Å². The summed E-state index contributed by atoms with van der Waals surface area (Å²) in [5.41, 5.74) is 18.8. The molecule has 7 N–H and O–H groups in total. The van der Waals surface area contributed by atoms with Crippen LogP contribution >= 0.6 is 0 Å². The predicted octanol–water partition coefficient (Wildman–Crippen LogP) is 2.06. The molecule has 3 aromatic rings. The second kappa shape index (κ2) is 4.92. The third kappa shape index (κ3) is 2.32. The van der Waals surface area contributed by atoms with Crippen molar-refractivity contribution in [3.8, 4) is 11.1 Å². The number of aromatic nitrogens is 2. The van der Waals surface area contributed by atoms with Gasteiger partial charge in [0.1, 0.15) is 0 Å². The van der Waals surface area contributed by atoms with E-state index >= 15 is 0 Å². The van der Waals surface area contributed by atoms with Gasteiger partial charge in [0, 0.05) is 11.1 Å². The van der Waals surface area contributed by atoms with Crippen molar-refractivity contribution in [2.24, 2.45) is 5.84 Å². The first kappa shape index (κ1) is 13.1. The number of aryl methyl sites for hydroxylation is 1. The Labute approximate surface area is 122 Å². The van der Waals surface area contributed by atoms with Crippen molar-refractivity contribution in [2.75, 3.05) is 16.9 Å². The van der Waals surface area contributed by atoms with E-state index in [-0.39, 0.29) is 5.95 Å². The number of nitrogen functional groups attached to an aromatic ring is 3. The summed E-state index contributed by atoms with van der Waals surface area (Å²) in [5.74, 6) is 6.20. The Kier molecular flexibility index (Phi) is 3.08. The quantitative estimate of drug-likeness (QED) is 0.324. The normalized spacial score (nSPS) is 10.8. The van der Waals surface area contributed by atoms with E-state index in [0.29, 0.717) is 5.82 Å². The van der Waals surface area contributed by atoms with E-state index in [1.54, 1.807) is 0 Å². The summed E-state index contributed by atoms with van der Waals surface area (Å²) >= 11 is 0. The van der Waals surface area contributed by atoms with Gasteiger partial charge in [-0.05, 0) is 47.9 Å². The van der Waals surface area contributed by atoms with Crippen LogP contribution in [0.4, 0.5) is 17.5 Å². The minimum Gasteiger partial charge on any atom is -0.399 e. The molecule has 1 heterocycles. The Morgan fingerprint density at radius 1 is 1.00 bits per heavy atom. The first-order chi connectivity index (χ1) is 10.1. The number of nitrogens with zero attached hydrogens (tertiary/aromatic N) is 2. The van der Waals surface area contributed by atoms with Crippen LogP contribution in [0.3, 0.4) is 0 Å². The fourth-order valence-electron chi connectivity index (χ4n) is 2.43. The molecular formula is C15H16N6. The monoisotopic (exact) mass is 280 g/mol. The molecule has 0 fully saturated rings. The van der Waals surface area contributed by atoms with Crippen LogP contribution in [0.1, 0.15) is 5.56 Å². The maximum Gasteiger partial charge on any atom is 0.222 e. The third-order valence-electron chi connectivity index (χ3n) is 3.41. The highest BCUT2D eigenvalue weighted by Crippen LogP contribution is 2.30. The van der Waals surface area contributed by atoms with Gasteiger partial charge in [0.15, 0.2) is 5.82 Å². The van der Waals surface area contributed by atoms with E-state index in [0.717, 1.165) is 33.3 Å². The average molecular weight is 280 g/mol. The van der Waals surface area contributed by atoms with E-state index in [1.807, 2.05) is 43.3 Å². The highest BCUT2D eigenvalue weighted by molar-refractivity contribution is 5.93. The van der Waals surface area contributed by atoms with E-state index in [1.165, 1.54) is 0 Å². The first-order valence-electron chi connectivity index (χ1n) is 6.49. The number of hydrogen-bond donors (Lipinski definition) is 4. The van der Waals surface area contributed by atoms with Gasteiger partial charge >= 0.3 is 0 Å². The number of nitrogens with one attached hydrogen (secondary N) is 1. The number of fused-ring (bicyclic) bond motifs is 1. The number of rotatable bonds is 2. The van der Waals surface area contributed by atoms with Crippen molar-refractivity contribution in [3.05, 3.63) is 42.0 Å². The van der Waals surface area contributed by atoms with Gasteiger partial charge < -0.3 is 16.9 Å². The smallest absolute Gasteiger partial charge is 0.222 e. The summed E-state index contributed by atoms with van der Waals surface area (Å²) in [4.78, 5) is 8.31. The fraction of sp³-hybridized carbons (Fsp3) is 0.0667. The fourth-order valence-corrected chi connectivity index (χ4v) is 2.43. The van der Waals surface area contributed by atoms with Gasteiger partial charge in [-0.2, -0.15) is 4.98 Å². The van der Waals surface area contributed by atoms with Crippen LogP contribution < -0.4 is 22.7 Å². The maximum absolute atomic E-state index is 5.80. The number of anilines is 3. The summed E-state index contributed by atoms with van der Waals surface area (Å²) in [6.45, 7) is 2.03. The van der Waals surface area contributed by atoms with E-state index < -0.39 is 0 Å². The molecule has 0 aliphatic carbocycles. The highest BCUT2D eigenvalue weighted by Gasteiger charge is 2.08. The summed E-state index contributed by atoms with van der Waals surface area (Å²) in [6, 6.07) is 11.7. The molecule has 3 rings (SSSR count). The Morgan fingerprint density at radius 2 is 1.81 bits per heavy atom. The van der Waals surface area contributed by atoms with Crippen molar-refractivity contribution in [1.82, 2.24) is 9.97 Å². The zero-order chi connectivity index (χ0) is 15.0. The average Bonchev–Trinajstić information content (AvgIpc) is 2.46. The van der Waals surface area contributed by atoms with Crippen LogP contribution in [0.25, 0.3) is 22.0 Å². The lowest BCUT2D eigenvalue weighted by Gasteiger charge is -2.10. The molecular weight excluding hydrogens is 264 g/mol. The van der Waals surface area contributed by atoms with Crippen LogP contribution in [0.15, 0.2) is 36.4 Å². The molecule has 0 aliphatic heterocycles. The van der Waals surface area contributed by atoms with Gasteiger partial charge in [0.25, 0.3) is 0 Å². The number of nitrogens with two attached hydrogens (primary N) is 3. The van der Waals surface area contributed by atoms with Gasteiger partial charge in [-0.15, -0.1) is 0 Å². The second-order valence-electron chi connectivity index (χ2n) is 4.88. The predicted molar refractivity (Wildman–Crippen MR) is 86.3 cm³/mol. The topological polar surface area (TPSA) is 116 Å². The third-order valence-corrected chi connectivity index (χ3v) is 3.41. The molecule has 1 aromatic heterocycles. The van der Waals surface area contributed by atoms with Gasteiger partial charge in [0.2, 0.25) is 5.95 Å². The molecule has 0 saturated heterocycles. The van der Waals surface area contributed by atoms with Crippen molar-refractivity contribution in [2.45, 2.75) is 6.92 Å². The van der Waals surface area contributed by atoms with Crippen LogP contribution in [-0.4, -0.2) is 9.97 Å². The molecule has 0 amide bonds. The minimum atomic E-state index is 0.187. The molecule has 0 aliphatic rings. The number of benzene rings is 2. The maximum atomic E-state index is 5.80. The largest absolute Gasteiger partial charge is 0.399 e. The van der Waals surface area contributed by atoms with Gasteiger partial charge in [-0.3, -0.25) is 0 Å². The molecule has 6 heteroatoms. The van der Waals surface area contributed by atoms with Crippen LogP contribution in [0, 0.1) is 6.92 Å². The second-order valence-corrected chi connectivity index (χ2v) is 4.88. The summed E-state index contributed by atoms with van der Waals surface area (Å²) < 4.78 is 0. The van der Waals surface area contributed by atoms with E-state index in [4.69, 9.17) is 17.3 Å². The van der Waals surface area contributed by atoms with Crippen molar-refractivity contribution in [3.63, 3.8) is 0 Å². The molecule has 0 unspecified atom stereocenters. The molecule has 2 aromatic carbocycles. The Hall–Kier alpha value is -2.86. The Balaban J connectivity index is 2.23. The van der Waals surface area contributed by atoms with Gasteiger partial charge in [0.05, 0.1) is 5.52 Å². The van der Waals surface area contributed by atoms with Gasteiger partial charge in [-0.25, -0.2) is 10.8 Å². The van der Waals surface area contributed by atoms with Crippen molar-refractivity contribution < 1.29 is 0 Å². The molecule has 0 bridgehead atoms. The molecule has 6 nitrogen and oxygen atoms in total. The minimum absolute atomic E-state index is 0.187. The highest BCUT2D eigenvalue weighted by atomic mass is 15.3. The first-order valence-corrected chi connectivity index (χ1v) is 6.49. The lowest BCUT2D eigenvalue weighted by molar-refractivity contribution is 1.19. The van der Waals surface area contributed by atoms with E-state index in [2.05, 4.69) is 15.4 Å². The zero-order valence-corrected chi connectivity index (χ0v) is 11.6. The molecule has 106 valence electrons. The zero-order valence-electron chi connectivity index (χ0n) is 11.6. The van der Waals surface area contributed by atoms with Crippen molar-refractivity contribution >= 4 is 28.4 Å². The Bertz CT molecular complexity index is 828.